The molecule has 0 bridgehead atoms. The van der Waals surface area contributed by atoms with Crippen molar-refractivity contribution < 1.29 is 9.53 Å². The van der Waals surface area contributed by atoms with Crippen LogP contribution in [0.1, 0.15) is 26.3 Å². The molecule has 0 fully saturated rings. The Morgan fingerprint density at radius 3 is 2.50 bits per heavy atom. The van der Waals surface area contributed by atoms with Crippen LogP contribution in [-0.4, -0.2) is 24.8 Å². The van der Waals surface area contributed by atoms with Crippen LogP contribution in [0, 0.1) is 0 Å². The summed E-state index contributed by atoms with van der Waals surface area (Å²) in [4.78, 5) is 11.6. The van der Waals surface area contributed by atoms with Gasteiger partial charge in [0.05, 0.1) is 5.60 Å². The van der Waals surface area contributed by atoms with Gasteiger partial charge in [-0.3, -0.25) is 0 Å². The Kier molecular flexibility index (Phi) is 5.65. The molecule has 0 atom stereocenters. The quantitative estimate of drug-likeness (QED) is 0.814. The van der Waals surface area contributed by atoms with Crippen LogP contribution in [-0.2, 0) is 11.3 Å². The lowest BCUT2D eigenvalue weighted by Gasteiger charge is -2.24. The summed E-state index contributed by atoms with van der Waals surface area (Å²) in [5.74, 6) is 0. The zero-order valence-corrected chi connectivity index (χ0v) is 11.3. The summed E-state index contributed by atoms with van der Waals surface area (Å²) >= 11 is 0. The van der Waals surface area contributed by atoms with Gasteiger partial charge < -0.3 is 15.4 Å². The van der Waals surface area contributed by atoms with E-state index in [9.17, 15) is 4.79 Å². The van der Waals surface area contributed by atoms with Gasteiger partial charge in [0.25, 0.3) is 0 Å². The minimum atomic E-state index is -0.334. The van der Waals surface area contributed by atoms with E-state index in [0.29, 0.717) is 19.7 Å². The fourth-order valence-corrected chi connectivity index (χ4v) is 1.58. The molecule has 18 heavy (non-hydrogen) atoms. The zero-order valence-electron chi connectivity index (χ0n) is 11.3. The molecule has 0 aliphatic rings. The second-order valence-corrected chi connectivity index (χ2v) is 4.71. The Hall–Kier alpha value is -1.55. The molecule has 1 aromatic rings. The summed E-state index contributed by atoms with van der Waals surface area (Å²) in [6.07, 6.45) is 0. The van der Waals surface area contributed by atoms with E-state index in [1.165, 1.54) is 0 Å². The van der Waals surface area contributed by atoms with Crippen LogP contribution in [0.5, 0.6) is 0 Å². The number of nitrogens with one attached hydrogen (secondary N) is 2. The van der Waals surface area contributed by atoms with E-state index >= 15 is 0 Å². The molecule has 0 radical (unpaired) electrons. The minimum Gasteiger partial charge on any atom is -0.374 e. The van der Waals surface area contributed by atoms with Crippen molar-refractivity contribution in [1.29, 1.82) is 0 Å². The van der Waals surface area contributed by atoms with Gasteiger partial charge in [0, 0.05) is 19.7 Å². The number of ether oxygens (including phenoxy) is 1. The van der Waals surface area contributed by atoms with Crippen LogP contribution in [0.25, 0.3) is 0 Å². The van der Waals surface area contributed by atoms with Crippen molar-refractivity contribution in [3.8, 4) is 0 Å². The molecule has 4 heteroatoms. The van der Waals surface area contributed by atoms with Crippen LogP contribution in [0.3, 0.4) is 0 Å². The van der Waals surface area contributed by atoms with Crippen LogP contribution in [0.2, 0.25) is 0 Å². The molecule has 0 aromatic heterocycles. The molecule has 2 amide bonds. The summed E-state index contributed by atoms with van der Waals surface area (Å²) in [6, 6.07) is 9.63. The summed E-state index contributed by atoms with van der Waals surface area (Å²) in [7, 11) is 0. The minimum absolute atomic E-state index is 0.174. The zero-order chi connectivity index (χ0) is 13.4. The molecular weight excluding hydrogens is 228 g/mol. The predicted molar refractivity (Wildman–Crippen MR) is 72.4 cm³/mol. The van der Waals surface area contributed by atoms with Gasteiger partial charge in [0.15, 0.2) is 0 Å². The second kappa shape index (κ2) is 7.01. The highest BCUT2D eigenvalue weighted by Crippen LogP contribution is 2.06. The predicted octanol–water partition coefficient (Wildman–Crippen LogP) is 2.30. The summed E-state index contributed by atoms with van der Waals surface area (Å²) in [5, 5.41) is 5.61. The van der Waals surface area contributed by atoms with Crippen LogP contribution in [0.15, 0.2) is 30.3 Å². The molecule has 100 valence electrons. The van der Waals surface area contributed by atoms with E-state index in [4.69, 9.17) is 4.74 Å². The van der Waals surface area contributed by atoms with Crippen LogP contribution < -0.4 is 10.6 Å². The lowest BCUT2D eigenvalue weighted by Crippen LogP contribution is -2.44. The molecule has 0 aliphatic carbocycles. The standard InChI is InChI=1S/C14H22N2O2/c1-4-18-14(2,3)11-16-13(17)15-10-12-8-6-5-7-9-12/h5-9H,4,10-11H2,1-3H3,(H2,15,16,17). The normalized spacial score (nSPS) is 11.1. The third-order valence-electron chi connectivity index (χ3n) is 2.51. The van der Waals surface area contributed by atoms with Gasteiger partial charge in [-0.2, -0.15) is 0 Å². The van der Waals surface area contributed by atoms with E-state index in [-0.39, 0.29) is 11.6 Å². The number of carbonyl (C=O) groups excluding carboxylic acids is 1. The van der Waals surface area contributed by atoms with Crippen molar-refractivity contribution in [1.82, 2.24) is 10.6 Å². The van der Waals surface area contributed by atoms with Crippen molar-refractivity contribution >= 4 is 6.03 Å². The first-order valence-electron chi connectivity index (χ1n) is 6.23. The molecule has 0 heterocycles. The number of hydrogen-bond donors (Lipinski definition) is 2. The Balaban J connectivity index is 2.26. The molecule has 0 aliphatic heterocycles. The first-order chi connectivity index (χ1) is 8.53. The summed E-state index contributed by atoms with van der Waals surface area (Å²) < 4.78 is 5.50. The lowest BCUT2D eigenvalue weighted by molar-refractivity contribution is -0.00690. The molecule has 1 rings (SSSR count). The van der Waals surface area contributed by atoms with E-state index < -0.39 is 0 Å². The molecule has 2 N–H and O–H groups in total. The Bertz CT molecular complexity index is 363. The van der Waals surface area contributed by atoms with E-state index in [1.807, 2.05) is 51.1 Å². The smallest absolute Gasteiger partial charge is 0.315 e. The Morgan fingerprint density at radius 1 is 1.22 bits per heavy atom. The van der Waals surface area contributed by atoms with E-state index in [0.717, 1.165) is 5.56 Å². The van der Waals surface area contributed by atoms with Crippen molar-refractivity contribution in [2.45, 2.75) is 32.9 Å². The fourth-order valence-electron chi connectivity index (χ4n) is 1.58. The molecule has 0 spiro atoms. The maximum absolute atomic E-state index is 11.6. The second-order valence-electron chi connectivity index (χ2n) is 4.71. The molecule has 0 saturated carbocycles. The maximum atomic E-state index is 11.6. The topological polar surface area (TPSA) is 50.4 Å². The van der Waals surface area contributed by atoms with Crippen LogP contribution >= 0.6 is 0 Å². The largest absolute Gasteiger partial charge is 0.374 e. The van der Waals surface area contributed by atoms with Gasteiger partial charge in [0.2, 0.25) is 0 Å². The first kappa shape index (κ1) is 14.5. The van der Waals surface area contributed by atoms with Crippen molar-refractivity contribution in [2.75, 3.05) is 13.2 Å². The molecule has 0 unspecified atom stereocenters. The van der Waals surface area contributed by atoms with E-state index in [1.54, 1.807) is 0 Å². The van der Waals surface area contributed by atoms with Crippen LogP contribution in [0.4, 0.5) is 4.79 Å². The highest BCUT2D eigenvalue weighted by atomic mass is 16.5. The van der Waals surface area contributed by atoms with Gasteiger partial charge in [0.1, 0.15) is 0 Å². The number of urea groups is 1. The summed E-state index contributed by atoms with van der Waals surface area (Å²) in [6.45, 7) is 7.50. The van der Waals surface area contributed by atoms with Gasteiger partial charge in [-0.15, -0.1) is 0 Å². The van der Waals surface area contributed by atoms with Gasteiger partial charge in [-0.05, 0) is 26.3 Å². The third-order valence-corrected chi connectivity index (χ3v) is 2.51. The average molecular weight is 250 g/mol. The van der Waals surface area contributed by atoms with E-state index in [2.05, 4.69) is 10.6 Å². The number of hydrogen-bond acceptors (Lipinski definition) is 2. The van der Waals surface area contributed by atoms with Crippen molar-refractivity contribution in [3.05, 3.63) is 35.9 Å². The lowest BCUT2D eigenvalue weighted by atomic mass is 10.1. The molecule has 4 nitrogen and oxygen atoms in total. The maximum Gasteiger partial charge on any atom is 0.315 e. The number of amides is 2. The van der Waals surface area contributed by atoms with Crippen molar-refractivity contribution in [2.24, 2.45) is 0 Å². The highest BCUT2D eigenvalue weighted by molar-refractivity contribution is 5.73. The number of benzene rings is 1. The molecule has 0 saturated heterocycles. The van der Waals surface area contributed by atoms with Gasteiger partial charge >= 0.3 is 6.03 Å². The average Bonchev–Trinajstić information content (AvgIpc) is 2.35. The first-order valence-corrected chi connectivity index (χ1v) is 6.23. The Morgan fingerprint density at radius 2 is 1.89 bits per heavy atom. The summed E-state index contributed by atoms with van der Waals surface area (Å²) in [5.41, 5.74) is 0.746. The Labute approximate surface area is 109 Å². The fraction of sp³-hybridized carbons (Fsp3) is 0.500. The highest BCUT2D eigenvalue weighted by Gasteiger charge is 2.18. The van der Waals surface area contributed by atoms with Gasteiger partial charge in [-0.25, -0.2) is 4.79 Å². The molecule has 1 aromatic carbocycles. The third kappa shape index (κ3) is 5.68. The van der Waals surface area contributed by atoms with Crippen molar-refractivity contribution in [3.63, 3.8) is 0 Å². The number of rotatable bonds is 6. The number of carbonyl (C=O) groups is 1. The SMILES string of the molecule is CCOC(C)(C)CNC(=O)NCc1ccccc1. The molecular formula is C14H22N2O2. The van der Waals surface area contributed by atoms with Gasteiger partial charge in [-0.1, -0.05) is 30.3 Å². The monoisotopic (exact) mass is 250 g/mol.